The van der Waals surface area contributed by atoms with Gasteiger partial charge in [0.25, 0.3) is 5.91 Å². The van der Waals surface area contributed by atoms with Crippen LogP contribution >= 0.6 is 0 Å². The molecule has 0 spiro atoms. The predicted molar refractivity (Wildman–Crippen MR) is 100 cm³/mol. The van der Waals surface area contributed by atoms with E-state index in [1.807, 2.05) is 23.1 Å². The Morgan fingerprint density at radius 3 is 2.25 bits per heavy atom. The summed E-state index contributed by atoms with van der Waals surface area (Å²) in [7, 11) is 0. The fourth-order valence-electron chi connectivity index (χ4n) is 3.77. The fourth-order valence-corrected chi connectivity index (χ4v) is 3.77. The first-order valence-electron chi connectivity index (χ1n) is 9.47. The maximum Gasteiger partial charge on any atom is 0.325 e. The van der Waals surface area contributed by atoms with E-state index in [1.165, 1.54) is 4.90 Å². The summed E-state index contributed by atoms with van der Waals surface area (Å²) in [4.78, 5) is 54.6. The first kappa shape index (κ1) is 18.3. The number of hydrogen-bond acceptors (Lipinski definition) is 5. The Labute approximate surface area is 162 Å². The monoisotopic (exact) mass is 385 g/mol. The molecular weight excluding hydrogens is 362 g/mol. The molecule has 0 radical (unpaired) electrons. The molecule has 9 nitrogen and oxygen atoms in total. The van der Waals surface area contributed by atoms with E-state index in [0.717, 1.165) is 23.7 Å². The van der Waals surface area contributed by atoms with Crippen molar-refractivity contribution in [2.45, 2.75) is 0 Å². The van der Waals surface area contributed by atoms with Crippen molar-refractivity contribution in [3.63, 3.8) is 0 Å². The molecule has 3 aliphatic rings. The number of piperazine rings is 1. The number of urea groups is 1. The Bertz CT molecular complexity index is 769. The number of imide groups is 1. The lowest BCUT2D eigenvalue weighted by Gasteiger charge is -2.43. The standard InChI is InChI=1S/C19H23N5O4/c25-16-10-20-19(28)24(16)13-17(26)23-11-14(12-23)18(27)22-8-6-21(7-9-22)15-4-2-1-3-5-15/h1-5,14H,6-13H2,(H,20,28). The van der Waals surface area contributed by atoms with Crippen LogP contribution in [-0.4, -0.2) is 90.8 Å². The third kappa shape index (κ3) is 3.51. The number of hydrogen-bond donors (Lipinski definition) is 1. The Balaban J connectivity index is 1.23. The van der Waals surface area contributed by atoms with Gasteiger partial charge >= 0.3 is 6.03 Å². The third-order valence-corrected chi connectivity index (χ3v) is 5.53. The molecule has 0 bridgehead atoms. The summed E-state index contributed by atoms with van der Waals surface area (Å²) in [6.45, 7) is 3.28. The van der Waals surface area contributed by atoms with Crippen LogP contribution < -0.4 is 10.2 Å². The molecule has 3 heterocycles. The summed E-state index contributed by atoms with van der Waals surface area (Å²) in [5, 5.41) is 2.39. The molecule has 0 saturated carbocycles. The normalized spacial score (nSPS) is 20.3. The van der Waals surface area contributed by atoms with Crippen molar-refractivity contribution in [1.29, 1.82) is 0 Å². The smallest absolute Gasteiger partial charge is 0.325 e. The lowest BCUT2D eigenvalue weighted by molar-refractivity contribution is -0.150. The summed E-state index contributed by atoms with van der Waals surface area (Å²) in [6, 6.07) is 9.59. The Morgan fingerprint density at radius 2 is 1.64 bits per heavy atom. The van der Waals surface area contributed by atoms with E-state index < -0.39 is 11.9 Å². The zero-order valence-electron chi connectivity index (χ0n) is 15.5. The van der Waals surface area contributed by atoms with Gasteiger partial charge in [-0.1, -0.05) is 18.2 Å². The molecule has 5 amide bonds. The number of rotatable bonds is 4. The molecule has 0 unspecified atom stereocenters. The minimum absolute atomic E-state index is 0.0673. The second-order valence-electron chi connectivity index (χ2n) is 7.28. The molecule has 28 heavy (non-hydrogen) atoms. The van der Waals surface area contributed by atoms with E-state index in [1.54, 1.807) is 0 Å². The van der Waals surface area contributed by atoms with E-state index >= 15 is 0 Å². The van der Waals surface area contributed by atoms with E-state index in [-0.39, 0.29) is 30.8 Å². The SMILES string of the molecule is O=C(CN1C(=O)CNC1=O)N1CC(C(=O)N2CCN(c3ccccc3)CC2)C1. The van der Waals surface area contributed by atoms with Gasteiger partial charge in [-0.15, -0.1) is 0 Å². The average molecular weight is 385 g/mol. The molecule has 3 fully saturated rings. The van der Waals surface area contributed by atoms with Crippen LogP contribution in [0.5, 0.6) is 0 Å². The molecule has 9 heteroatoms. The van der Waals surface area contributed by atoms with Gasteiger partial charge in [-0.3, -0.25) is 19.3 Å². The number of likely N-dealkylation sites (tertiary alicyclic amines) is 1. The number of carbonyl (C=O) groups excluding carboxylic acids is 4. The highest BCUT2D eigenvalue weighted by atomic mass is 16.2. The number of benzene rings is 1. The number of amides is 5. The van der Waals surface area contributed by atoms with Crippen LogP contribution in [-0.2, 0) is 14.4 Å². The maximum absolute atomic E-state index is 12.7. The third-order valence-electron chi connectivity index (χ3n) is 5.53. The van der Waals surface area contributed by atoms with Crippen molar-refractivity contribution >= 4 is 29.4 Å². The Kier molecular flexibility index (Phi) is 4.89. The van der Waals surface area contributed by atoms with Crippen molar-refractivity contribution in [3.8, 4) is 0 Å². The summed E-state index contributed by atoms with van der Waals surface area (Å²) in [5.41, 5.74) is 1.16. The quantitative estimate of drug-likeness (QED) is 0.695. The highest BCUT2D eigenvalue weighted by Crippen LogP contribution is 2.21. The van der Waals surface area contributed by atoms with Gasteiger partial charge in [0.05, 0.1) is 12.5 Å². The molecule has 1 aromatic carbocycles. The predicted octanol–water partition coefficient (Wildman–Crippen LogP) is -0.655. The average Bonchev–Trinajstić information content (AvgIpc) is 2.99. The molecule has 0 atom stereocenters. The minimum Gasteiger partial charge on any atom is -0.368 e. The van der Waals surface area contributed by atoms with E-state index in [2.05, 4.69) is 22.3 Å². The molecule has 148 valence electrons. The van der Waals surface area contributed by atoms with Gasteiger partial charge in [-0.25, -0.2) is 4.79 Å². The van der Waals surface area contributed by atoms with Gasteiger partial charge in [0, 0.05) is 45.0 Å². The van der Waals surface area contributed by atoms with Crippen molar-refractivity contribution in [1.82, 2.24) is 20.0 Å². The van der Waals surface area contributed by atoms with Crippen LogP contribution in [0.15, 0.2) is 30.3 Å². The summed E-state index contributed by atoms with van der Waals surface area (Å²) >= 11 is 0. The van der Waals surface area contributed by atoms with Crippen molar-refractivity contribution in [3.05, 3.63) is 30.3 Å². The van der Waals surface area contributed by atoms with Crippen LogP contribution in [0.25, 0.3) is 0 Å². The van der Waals surface area contributed by atoms with Crippen molar-refractivity contribution in [2.24, 2.45) is 5.92 Å². The number of para-hydroxylation sites is 1. The van der Waals surface area contributed by atoms with Crippen LogP contribution in [0.1, 0.15) is 0 Å². The van der Waals surface area contributed by atoms with Crippen molar-refractivity contribution < 1.29 is 19.2 Å². The van der Waals surface area contributed by atoms with Crippen LogP contribution in [0.4, 0.5) is 10.5 Å². The van der Waals surface area contributed by atoms with E-state index in [9.17, 15) is 19.2 Å². The van der Waals surface area contributed by atoms with E-state index in [0.29, 0.717) is 26.2 Å². The summed E-state index contributed by atoms with van der Waals surface area (Å²) < 4.78 is 0. The van der Waals surface area contributed by atoms with Crippen LogP contribution in [0.2, 0.25) is 0 Å². The maximum atomic E-state index is 12.7. The second-order valence-corrected chi connectivity index (χ2v) is 7.28. The molecule has 3 saturated heterocycles. The Hall–Kier alpha value is -3.10. The minimum atomic E-state index is -0.539. The highest BCUT2D eigenvalue weighted by molar-refractivity contribution is 6.04. The highest BCUT2D eigenvalue weighted by Gasteiger charge is 2.40. The molecule has 0 aromatic heterocycles. The summed E-state index contributed by atoms with van der Waals surface area (Å²) in [5.74, 6) is -0.826. The van der Waals surface area contributed by atoms with Gasteiger partial charge in [0.2, 0.25) is 11.8 Å². The number of nitrogens with one attached hydrogen (secondary N) is 1. The molecule has 4 rings (SSSR count). The van der Waals surface area contributed by atoms with Crippen molar-refractivity contribution in [2.75, 3.05) is 57.3 Å². The number of anilines is 1. The van der Waals surface area contributed by atoms with Gasteiger partial charge < -0.3 is 20.0 Å². The first-order valence-corrected chi connectivity index (χ1v) is 9.47. The van der Waals surface area contributed by atoms with Crippen LogP contribution in [0, 0.1) is 5.92 Å². The summed E-state index contributed by atoms with van der Waals surface area (Å²) in [6.07, 6.45) is 0. The molecule has 1 aromatic rings. The lowest BCUT2D eigenvalue weighted by Crippen LogP contribution is -2.60. The topological polar surface area (TPSA) is 93.3 Å². The zero-order chi connectivity index (χ0) is 19.7. The van der Waals surface area contributed by atoms with Gasteiger partial charge in [-0.05, 0) is 12.1 Å². The second kappa shape index (κ2) is 7.49. The van der Waals surface area contributed by atoms with Gasteiger partial charge in [0.1, 0.15) is 6.54 Å². The fraction of sp³-hybridized carbons (Fsp3) is 0.474. The molecule has 1 N–H and O–H groups in total. The largest absolute Gasteiger partial charge is 0.368 e. The molecular formula is C19H23N5O4. The van der Waals surface area contributed by atoms with Crippen LogP contribution in [0.3, 0.4) is 0 Å². The zero-order valence-corrected chi connectivity index (χ0v) is 15.5. The Morgan fingerprint density at radius 1 is 0.964 bits per heavy atom. The lowest BCUT2D eigenvalue weighted by atomic mass is 9.97. The molecule has 0 aliphatic carbocycles. The van der Waals surface area contributed by atoms with E-state index in [4.69, 9.17) is 0 Å². The number of nitrogens with zero attached hydrogens (tertiary/aromatic N) is 4. The van der Waals surface area contributed by atoms with Gasteiger partial charge in [-0.2, -0.15) is 0 Å². The first-order chi connectivity index (χ1) is 13.5. The molecule has 3 aliphatic heterocycles. The van der Waals surface area contributed by atoms with Gasteiger partial charge in [0.15, 0.2) is 0 Å². The number of carbonyl (C=O) groups is 4.